The van der Waals surface area contributed by atoms with Gasteiger partial charge >= 0.3 is 0 Å². The number of benzene rings is 10. The molecule has 0 saturated carbocycles. The Morgan fingerprint density at radius 2 is 0.889 bits per heavy atom. The van der Waals surface area contributed by atoms with Crippen LogP contribution in [0.3, 0.4) is 0 Å². The van der Waals surface area contributed by atoms with E-state index in [1.54, 1.807) is 0 Å². The Bertz CT molecular complexity index is 3520. The third-order valence-electron chi connectivity index (χ3n) is 13.3. The zero-order valence-corrected chi connectivity index (χ0v) is 35.2. The van der Waals surface area contributed by atoms with Crippen molar-refractivity contribution in [3.63, 3.8) is 0 Å². The maximum absolute atomic E-state index is 6.49. The summed E-state index contributed by atoms with van der Waals surface area (Å²) in [5.41, 5.74) is 19.6. The van der Waals surface area contributed by atoms with Crippen molar-refractivity contribution < 1.29 is 4.42 Å². The summed E-state index contributed by atoms with van der Waals surface area (Å²) in [6.07, 6.45) is 0. The molecule has 0 N–H and O–H groups in total. The zero-order valence-electron chi connectivity index (χ0n) is 35.2. The maximum Gasteiger partial charge on any atom is 0.143 e. The predicted octanol–water partition coefficient (Wildman–Crippen LogP) is 17.2. The van der Waals surface area contributed by atoms with Gasteiger partial charge in [-0.05, 0) is 109 Å². The highest BCUT2D eigenvalue weighted by Crippen LogP contribution is 2.52. The van der Waals surface area contributed by atoms with Gasteiger partial charge in [0.1, 0.15) is 11.2 Å². The number of anilines is 3. The van der Waals surface area contributed by atoms with Crippen LogP contribution in [0.15, 0.2) is 229 Å². The Morgan fingerprint density at radius 1 is 0.349 bits per heavy atom. The Kier molecular flexibility index (Phi) is 8.55. The number of furan rings is 1. The number of hydrogen-bond acceptors (Lipinski definition) is 2. The van der Waals surface area contributed by atoms with Gasteiger partial charge in [0.05, 0.1) is 5.69 Å². The molecule has 1 aliphatic carbocycles. The van der Waals surface area contributed by atoms with E-state index < -0.39 is 0 Å². The Hall–Kier alpha value is -7.94. The van der Waals surface area contributed by atoms with E-state index >= 15 is 0 Å². The van der Waals surface area contributed by atoms with Crippen LogP contribution in [0.2, 0.25) is 0 Å². The van der Waals surface area contributed by atoms with Crippen molar-refractivity contribution in [1.82, 2.24) is 0 Å². The average molecular weight is 806 g/mol. The van der Waals surface area contributed by atoms with Crippen molar-refractivity contribution in [2.75, 3.05) is 4.90 Å². The molecule has 1 aromatic heterocycles. The van der Waals surface area contributed by atoms with Crippen molar-refractivity contribution in [2.45, 2.75) is 19.3 Å². The topological polar surface area (TPSA) is 16.4 Å². The van der Waals surface area contributed by atoms with Gasteiger partial charge in [0.2, 0.25) is 0 Å². The summed E-state index contributed by atoms with van der Waals surface area (Å²) in [4.78, 5) is 2.44. The predicted molar refractivity (Wildman–Crippen MR) is 265 cm³/mol. The van der Waals surface area contributed by atoms with E-state index in [9.17, 15) is 0 Å². The summed E-state index contributed by atoms with van der Waals surface area (Å²) in [5, 5.41) is 4.80. The molecular weight excluding hydrogens is 763 g/mol. The van der Waals surface area contributed by atoms with Crippen LogP contribution in [0.4, 0.5) is 17.1 Å². The summed E-state index contributed by atoms with van der Waals surface area (Å²) in [6.45, 7) is 4.77. The summed E-state index contributed by atoms with van der Waals surface area (Å²) in [5.74, 6) is 0. The standard InChI is InChI=1S/C61H43NO/c1-61(2)56-38-45(49-21-12-17-42-16-6-7-18-48(42)49)32-36-52(56)53-37-35-47(39-57(53)61)62(58-24-10-8-19-50(58)43-28-26-41(27-29-43)40-14-4-3-5-15-40)46-33-30-44(31-34-46)51-22-13-23-55-54-20-9-11-25-59(54)63-60(51)55/h3-39H,1-2H3. The molecule has 0 amide bonds. The first-order valence-corrected chi connectivity index (χ1v) is 21.8. The van der Waals surface area contributed by atoms with Crippen LogP contribution in [0.25, 0.3) is 88.3 Å². The minimum absolute atomic E-state index is 0.227. The fourth-order valence-corrected chi connectivity index (χ4v) is 10.1. The highest BCUT2D eigenvalue weighted by molar-refractivity contribution is 6.09. The fourth-order valence-electron chi connectivity index (χ4n) is 10.1. The largest absolute Gasteiger partial charge is 0.455 e. The van der Waals surface area contributed by atoms with E-state index in [0.29, 0.717) is 0 Å². The number of hydrogen-bond donors (Lipinski definition) is 0. The van der Waals surface area contributed by atoms with E-state index in [-0.39, 0.29) is 5.41 Å². The van der Waals surface area contributed by atoms with Crippen LogP contribution in [0.1, 0.15) is 25.0 Å². The SMILES string of the molecule is CC1(C)c2cc(-c3cccc4ccccc34)ccc2-c2ccc(N(c3ccc(-c4cccc5c4oc4ccccc45)cc3)c3ccccc3-c3ccc(-c4ccccc4)cc3)cc21. The van der Waals surface area contributed by atoms with Crippen LogP contribution in [-0.2, 0) is 5.41 Å². The lowest BCUT2D eigenvalue weighted by atomic mass is 9.81. The van der Waals surface area contributed by atoms with E-state index in [2.05, 4.69) is 231 Å². The van der Waals surface area contributed by atoms with Gasteiger partial charge in [-0.2, -0.15) is 0 Å². The molecule has 0 bridgehead atoms. The number of nitrogens with zero attached hydrogens (tertiary/aromatic N) is 1. The molecule has 12 rings (SSSR count). The van der Waals surface area contributed by atoms with Crippen molar-refractivity contribution in [2.24, 2.45) is 0 Å². The first-order valence-electron chi connectivity index (χ1n) is 21.8. The molecule has 10 aromatic carbocycles. The molecule has 0 spiro atoms. The molecule has 11 aromatic rings. The molecule has 0 radical (unpaired) electrons. The van der Waals surface area contributed by atoms with Crippen molar-refractivity contribution in [1.29, 1.82) is 0 Å². The minimum atomic E-state index is -0.227. The normalized spacial score (nSPS) is 12.7. The summed E-state index contributed by atoms with van der Waals surface area (Å²) in [6, 6.07) is 81.6. The second-order valence-corrected chi connectivity index (χ2v) is 17.3. The lowest BCUT2D eigenvalue weighted by molar-refractivity contribution is 0.660. The summed E-state index contributed by atoms with van der Waals surface area (Å²) in [7, 11) is 0. The van der Waals surface area contributed by atoms with Gasteiger partial charge in [0, 0.05) is 38.7 Å². The van der Waals surface area contributed by atoms with Gasteiger partial charge in [-0.15, -0.1) is 0 Å². The first-order chi connectivity index (χ1) is 31.0. The highest BCUT2D eigenvalue weighted by Gasteiger charge is 2.36. The second kappa shape index (κ2) is 14.6. The van der Waals surface area contributed by atoms with Crippen LogP contribution >= 0.6 is 0 Å². The van der Waals surface area contributed by atoms with E-state index in [1.165, 1.54) is 60.8 Å². The smallest absolute Gasteiger partial charge is 0.143 e. The molecule has 1 aliphatic rings. The van der Waals surface area contributed by atoms with Gasteiger partial charge in [-0.1, -0.05) is 196 Å². The number of fused-ring (bicyclic) bond motifs is 7. The monoisotopic (exact) mass is 805 g/mol. The van der Waals surface area contributed by atoms with E-state index in [0.717, 1.165) is 55.7 Å². The van der Waals surface area contributed by atoms with Crippen molar-refractivity contribution in [3.8, 4) is 55.6 Å². The zero-order chi connectivity index (χ0) is 42.1. The molecule has 298 valence electrons. The molecule has 2 nitrogen and oxygen atoms in total. The molecule has 63 heavy (non-hydrogen) atoms. The van der Waals surface area contributed by atoms with Crippen LogP contribution in [0, 0.1) is 0 Å². The maximum atomic E-state index is 6.49. The van der Waals surface area contributed by atoms with Gasteiger partial charge in [-0.25, -0.2) is 0 Å². The quantitative estimate of drug-likeness (QED) is 0.160. The van der Waals surface area contributed by atoms with Crippen molar-refractivity contribution >= 4 is 49.8 Å². The molecule has 0 saturated heterocycles. The van der Waals surface area contributed by atoms with Gasteiger partial charge in [0.25, 0.3) is 0 Å². The lowest BCUT2D eigenvalue weighted by Gasteiger charge is -2.30. The number of rotatable bonds is 7. The van der Waals surface area contributed by atoms with Crippen LogP contribution in [0.5, 0.6) is 0 Å². The second-order valence-electron chi connectivity index (χ2n) is 17.3. The Morgan fingerprint density at radius 3 is 1.73 bits per heavy atom. The van der Waals surface area contributed by atoms with Crippen LogP contribution < -0.4 is 4.90 Å². The molecule has 1 heterocycles. The van der Waals surface area contributed by atoms with Gasteiger partial charge in [0.15, 0.2) is 0 Å². The molecule has 0 fully saturated rings. The Labute approximate surface area is 368 Å². The molecule has 2 heteroatoms. The average Bonchev–Trinajstić information content (AvgIpc) is 3.83. The fraction of sp³-hybridized carbons (Fsp3) is 0.0492. The summed E-state index contributed by atoms with van der Waals surface area (Å²) < 4.78 is 6.49. The lowest BCUT2D eigenvalue weighted by Crippen LogP contribution is -2.17. The summed E-state index contributed by atoms with van der Waals surface area (Å²) >= 11 is 0. The first kappa shape index (κ1) is 36.9. The number of para-hydroxylation sites is 3. The van der Waals surface area contributed by atoms with Crippen molar-refractivity contribution in [3.05, 3.63) is 236 Å². The van der Waals surface area contributed by atoms with E-state index in [4.69, 9.17) is 4.42 Å². The van der Waals surface area contributed by atoms with E-state index in [1.807, 2.05) is 12.1 Å². The molecular formula is C61H43NO. The third kappa shape index (κ3) is 6.09. The molecule has 0 unspecified atom stereocenters. The molecule has 0 atom stereocenters. The van der Waals surface area contributed by atoms with Gasteiger partial charge < -0.3 is 9.32 Å². The van der Waals surface area contributed by atoms with Gasteiger partial charge in [-0.3, -0.25) is 0 Å². The highest BCUT2D eigenvalue weighted by atomic mass is 16.3. The van der Waals surface area contributed by atoms with Crippen LogP contribution in [-0.4, -0.2) is 0 Å². The molecule has 0 aliphatic heterocycles. The third-order valence-corrected chi connectivity index (χ3v) is 13.3. The minimum Gasteiger partial charge on any atom is -0.455 e. The Balaban J connectivity index is 0.986.